The van der Waals surface area contributed by atoms with Gasteiger partial charge in [-0.25, -0.2) is 0 Å². The molecule has 114 valence electrons. The van der Waals surface area contributed by atoms with Crippen LogP contribution in [0.3, 0.4) is 0 Å². The van der Waals surface area contributed by atoms with Gasteiger partial charge in [0.2, 0.25) is 5.91 Å². The van der Waals surface area contributed by atoms with E-state index in [9.17, 15) is 4.79 Å². The van der Waals surface area contributed by atoms with Crippen LogP contribution in [0, 0.1) is 0 Å². The summed E-state index contributed by atoms with van der Waals surface area (Å²) >= 11 is 1.63. The number of nitrogens with zero attached hydrogens (tertiary/aromatic N) is 1. The molecule has 22 heavy (non-hydrogen) atoms. The molecule has 5 heteroatoms. The standard InChI is InChI=1S/C17H17NO3S/c1-20-14-8-6-13(7-9-14)18-16(19)11-22-17(18)12-4-3-5-15(10-12)21-2/h3-10,17H,11H2,1-2H3/t17-/m1/s1. The van der Waals surface area contributed by atoms with Gasteiger partial charge in [0.25, 0.3) is 0 Å². The average molecular weight is 315 g/mol. The number of thioether (sulfide) groups is 1. The summed E-state index contributed by atoms with van der Waals surface area (Å²) in [5.41, 5.74) is 1.94. The molecule has 0 bridgehead atoms. The Kier molecular flexibility index (Phi) is 4.24. The third-order valence-corrected chi connectivity index (χ3v) is 4.81. The van der Waals surface area contributed by atoms with Gasteiger partial charge in [0, 0.05) is 5.69 Å². The van der Waals surface area contributed by atoms with E-state index in [2.05, 4.69) is 0 Å². The average Bonchev–Trinajstić information content (AvgIpc) is 2.96. The maximum Gasteiger partial charge on any atom is 0.238 e. The molecule has 2 aromatic rings. The number of amides is 1. The summed E-state index contributed by atoms with van der Waals surface area (Å²) in [5.74, 6) is 2.17. The predicted molar refractivity (Wildman–Crippen MR) is 88.7 cm³/mol. The fraction of sp³-hybridized carbons (Fsp3) is 0.235. The van der Waals surface area contributed by atoms with Crippen molar-refractivity contribution in [2.24, 2.45) is 0 Å². The zero-order valence-electron chi connectivity index (χ0n) is 12.5. The first kappa shape index (κ1) is 14.8. The van der Waals surface area contributed by atoms with E-state index >= 15 is 0 Å². The van der Waals surface area contributed by atoms with Crippen molar-refractivity contribution >= 4 is 23.4 Å². The van der Waals surface area contributed by atoms with Crippen molar-refractivity contribution in [3.8, 4) is 11.5 Å². The molecule has 4 nitrogen and oxygen atoms in total. The van der Waals surface area contributed by atoms with Gasteiger partial charge in [0.05, 0.1) is 20.0 Å². The molecule has 1 saturated heterocycles. The number of ether oxygens (including phenoxy) is 2. The van der Waals surface area contributed by atoms with E-state index in [0.717, 1.165) is 22.7 Å². The summed E-state index contributed by atoms with van der Waals surface area (Å²) in [6, 6.07) is 15.4. The molecule has 1 fully saturated rings. The third kappa shape index (κ3) is 2.76. The smallest absolute Gasteiger partial charge is 0.238 e. The number of benzene rings is 2. The molecule has 1 amide bonds. The van der Waals surface area contributed by atoms with E-state index in [1.54, 1.807) is 26.0 Å². The van der Waals surface area contributed by atoms with Gasteiger partial charge in [-0.05, 0) is 42.0 Å². The van der Waals surface area contributed by atoms with Crippen LogP contribution in [0.4, 0.5) is 5.69 Å². The minimum absolute atomic E-state index is 0.0315. The van der Waals surface area contributed by atoms with E-state index in [0.29, 0.717) is 5.75 Å². The molecule has 0 N–H and O–H groups in total. The van der Waals surface area contributed by atoms with Gasteiger partial charge in [-0.3, -0.25) is 9.69 Å². The number of carbonyl (C=O) groups excluding carboxylic acids is 1. The van der Waals surface area contributed by atoms with Crippen LogP contribution in [0.25, 0.3) is 0 Å². The number of rotatable bonds is 4. The molecule has 0 aliphatic carbocycles. The molecule has 3 rings (SSSR count). The lowest BCUT2D eigenvalue weighted by molar-refractivity contribution is -0.115. The lowest BCUT2D eigenvalue weighted by Gasteiger charge is -2.24. The molecule has 0 unspecified atom stereocenters. The number of methoxy groups -OCH3 is 2. The lowest BCUT2D eigenvalue weighted by Crippen LogP contribution is -2.27. The number of hydrogen-bond acceptors (Lipinski definition) is 4. The number of hydrogen-bond donors (Lipinski definition) is 0. The van der Waals surface area contributed by atoms with Crippen LogP contribution in [-0.2, 0) is 4.79 Å². The van der Waals surface area contributed by atoms with Gasteiger partial charge in [-0.15, -0.1) is 11.8 Å². The van der Waals surface area contributed by atoms with E-state index in [1.807, 2.05) is 53.4 Å². The Bertz CT molecular complexity index is 672. The molecule has 0 radical (unpaired) electrons. The lowest BCUT2D eigenvalue weighted by atomic mass is 10.1. The highest BCUT2D eigenvalue weighted by atomic mass is 32.2. The van der Waals surface area contributed by atoms with Crippen molar-refractivity contribution in [3.05, 3.63) is 54.1 Å². The second-order valence-corrected chi connectivity index (χ2v) is 5.97. The van der Waals surface area contributed by atoms with Crippen LogP contribution in [0.15, 0.2) is 48.5 Å². The molecule has 1 heterocycles. The van der Waals surface area contributed by atoms with Gasteiger partial charge in [0.15, 0.2) is 0 Å². The largest absolute Gasteiger partial charge is 0.497 e. The summed E-state index contributed by atoms with van der Waals surface area (Å²) in [7, 11) is 3.28. The highest BCUT2D eigenvalue weighted by Crippen LogP contribution is 2.42. The van der Waals surface area contributed by atoms with E-state index in [-0.39, 0.29) is 11.3 Å². The summed E-state index contributed by atoms with van der Waals surface area (Å²) in [4.78, 5) is 14.1. The summed E-state index contributed by atoms with van der Waals surface area (Å²) < 4.78 is 10.5. The van der Waals surface area contributed by atoms with E-state index in [4.69, 9.17) is 9.47 Å². The highest BCUT2D eigenvalue weighted by molar-refractivity contribution is 8.00. The Balaban J connectivity index is 1.94. The normalized spacial score (nSPS) is 17.6. The Morgan fingerprint density at radius 3 is 2.45 bits per heavy atom. The zero-order valence-corrected chi connectivity index (χ0v) is 13.3. The van der Waals surface area contributed by atoms with Gasteiger partial charge >= 0.3 is 0 Å². The van der Waals surface area contributed by atoms with E-state index in [1.165, 1.54) is 0 Å². The van der Waals surface area contributed by atoms with Crippen molar-refractivity contribution in [2.45, 2.75) is 5.37 Å². The van der Waals surface area contributed by atoms with Crippen LogP contribution >= 0.6 is 11.8 Å². The van der Waals surface area contributed by atoms with Gasteiger partial charge in [-0.1, -0.05) is 12.1 Å². The molecule has 0 aromatic heterocycles. The Hall–Kier alpha value is -2.14. The summed E-state index contributed by atoms with van der Waals surface area (Å²) in [6.45, 7) is 0. The van der Waals surface area contributed by atoms with Gasteiger partial charge < -0.3 is 9.47 Å². The first-order valence-electron chi connectivity index (χ1n) is 6.94. The van der Waals surface area contributed by atoms with E-state index < -0.39 is 0 Å². The predicted octanol–water partition coefficient (Wildman–Crippen LogP) is 3.48. The number of anilines is 1. The molecule has 0 saturated carbocycles. The maximum atomic E-state index is 12.3. The first-order valence-corrected chi connectivity index (χ1v) is 7.99. The Morgan fingerprint density at radius 1 is 1.05 bits per heavy atom. The van der Waals surface area contributed by atoms with Gasteiger partial charge in [-0.2, -0.15) is 0 Å². The fourth-order valence-corrected chi connectivity index (χ4v) is 3.65. The maximum absolute atomic E-state index is 12.3. The molecule has 1 atom stereocenters. The van der Waals surface area contributed by atoms with Gasteiger partial charge in [0.1, 0.15) is 16.9 Å². The molecule has 2 aromatic carbocycles. The molecule has 1 aliphatic heterocycles. The zero-order chi connectivity index (χ0) is 15.5. The SMILES string of the molecule is COc1ccc(N2C(=O)CS[C@@H]2c2cccc(OC)c2)cc1. The van der Waals surface area contributed by atoms with Crippen LogP contribution in [-0.4, -0.2) is 25.9 Å². The molecular weight excluding hydrogens is 298 g/mol. The van der Waals surface area contributed by atoms with Crippen molar-refractivity contribution < 1.29 is 14.3 Å². The Labute approximate surface area is 134 Å². The quantitative estimate of drug-likeness (QED) is 0.866. The van der Waals surface area contributed by atoms with Crippen LogP contribution in [0.1, 0.15) is 10.9 Å². The first-order chi connectivity index (χ1) is 10.7. The number of carbonyl (C=O) groups is 1. The van der Waals surface area contributed by atoms with Crippen molar-refractivity contribution in [1.82, 2.24) is 0 Å². The minimum atomic E-state index is -0.0315. The van der Waals surface area contributed by atoms with Crippen molar-refractivity contribution in [2.75, 3.05) is 24.9 Å². The molecule has 1 aliphatic rings. The van der Waals surface area contributed by atoms with Crippen molar-refractivity contribution in [3.63, 3.8) is 0 Å². The Morgan fingerprint density at radius 2 is 1.77 bits per heavy atom. The summed E-state index contributed by atoms with van der Waals surface area (Å²) in [6.07, 6.45) is 0. The van der Waals surface area contributed by atoms with Crippen LogP contribution in [0.5, 0.6) is 11.5 Å². The summed E-state index contributed by atoms with van der Waals surface area (Å²) in [5, 5.41) is -0.0315. The fourth-order valence-electron chi connectivity index (χ4n) is 2.49. The third-order valence-electron chi connectivity index (χ3n) is 3.60. The molecule has 0 spiro atoms. The van der Waals surface area contributed by atoms with Crippen molar-refractivity contribution in [1.29, 1.82) is 0 Å². The highest BCUT2D eigenvalue weighted by Gasteiger charge is 2.34. The second-order valence-electron chi connectivity index (χ2n) is 4.90. The van der Waals surface area contributed by atoms with Crippen LogP contribution in [0.2, 0.25) is 0 Å². The molecular formula is C17H17NO3S. The van der Waals surface area contributed by atoms with Crippen LogP contribution < -0.4 is 14.4 Å². The topological polar surface area (TPSA) is 38.8 Å². The second kappa shape index (κ2) is 6.32. The monoisotopic (exact) mass is 315 g/mol. The minimum Gasteiger partial charge on any atom is -0.497 e.